The summed E-state index contributed by atoms with van der Waals surface area (Å²) in [5.74, 6) is -1.26. The monoisotopic (exact) mass is 496 g/mol. The van der Waals surface area contributed by atoms with E-state index in [1.54, 1.807) is 43.5 Å². The lowest BCUT2D eigenvalue weighted by Gasteiger charge is -2.32. The summed E-state index contributed by atoms with van der Waals surface area (Å²) >= 11 is 0. The van der Waals surface area contributed by atoms with Crippen LogP contribution < -0.4 is 29.2 Å². The van der Waals surface area contributed by atoms with E-state index in [1.165, 1.54) is 14.2 Å². The lowest BCUT2D eigenvalue weighted by atomic mass is 9.77. The smallest absolute Gasteiger partial charge is 0.326 e. The predicted molar refractivity (Wildman–Crippen MR) is 127 cm³/mol. The van der Waals surface area contributed by atoms with Crippen LogP contribution in [0.4, 0.5) is 5.69 Å². The molecule has 0 saturated carbocycles. The third-order valence-corrected chi connectivity index (χ3v) is 7.24. The maximum absolute atomic E-state index is 14.0. The van der Waals surface area contributed by atoms with Crippen molar-refractivity contribution in [3.8, 4) is 23.0 Å². The number of esters is 1. The number of benzene rings is 2. The molecule has 2 fully saturated rings. The molecule has 2 aromatic carbocycles. The minimum atomic E-state index is -1.39. The molecule has 0 aromatic heterocycles. The molecule has 3 heterocycles. The first kappa shape index (κ1) is 23.9. The molecule has 0 aliphatic carbocycles. The average molecular weight is 497 g/mol. The molecule has 10 nitrogen and oxygen atoms in total. The number of hydrogen-bond acceptors (Lipinski definition) is 9. The SMILES string of the molecule is CCC[C@]1(C(=O)OC)N[C@@H](c2ccc(OC)cc2OC)[C@H]2C(=O)N(c3ccc4c(c3)OCO4)C(=O)[C@H]21. The van der Waals surface area contributed by atoms with E-state index >= 15 is 0 Å². The second-order valence-corrected chi connectivity index (χ2v) is 9.00. The number of imide groups is 1. The summed E-state index contributed by atoms with van der Waals surface area (Å²) in [4.78, 5) is 42.4. The average Bonchev–Trinajstić information content (AvgIpc) is 3.57. The Morgan fingerprint density at radius 2 is 1.83 bits per heavy atom. The number of fused-ring (bicyclic) bond motifs is 2. The number of nitrogens with one attached hydrogen (secondary N) is 1. The summed E-state index contributed by atoms with van der Waals surface area (Å²) in [6.07, 6.45) is 0.896. The number of hydrogen-bond donors (Lipinski definition) is 1. The summed E-state index contributed by atoms with van der Waals surface area (Å²) in [5, 5.41) is 3.35. The van der Waals surface area contributed by atoms with Gasteiger partial charge in [-0.25, -0.2) is 4.90 Å². The van der Waals surface area contributed by atoms with Crippen LogP contribution in [0.15, 0.2) is 36.4 Å². The third-order valence-electron chi connectivity index (χ3n) is 7.24. The van der Waals surface area contributed by atoms with Gasteiger partial charge in [0.2, 0.25) is 18.6 Å². The van der Waals surface area contributed by atoms with E-state index in [2.05, 4.69) is 5.32 Å². The van der Waals surface area contributed by atoms with Gasteiger partial charge in [-0.05, 0) is 24.6 Å². The molecule has 4 atom stereocenters. The fraction of sp³-hybridized carbons (Fsp3) is 0.423. The van der Waals surface area contributed by atoms with E-state index in [-0.39, 0.29) is 6.79 Å². The van der Waals surface area contributed by atoms with Gasteiger partial charge in [0, 0.05) is 23.7 Å². The zero-order chi connectivity index (χ0) is 25.6. The van der Waals surface area contributed by atoms with Crippen molar-refractivity contribution in [1.82, 2.24) is 5.32 Å². The number of amides is 2. The van der Waals surface area contributed by atoms with Crippen molar-refractivity contribution in [2.45, 2.75) is 31.3 Å². The van der Waals surface area contributed by atoms with Crippen molar-refractivity contribution in [2.75, 3.05) is 33.0 Å². The minimum absolute atomic E-state index is 0.0666. The predicted octanol–water partition coefficient (Wildman–Crippen LogP) is 2.59. The van der Waals surface area contributed by atoms with E-state index in [9.17, 15) is 14.4 Å². The molecule has 5 rings (SSSR count). The van der Waals surface area contributed by atoms with Gasteiger partial charge < -0.3 is 23.7 Å². The zero-order valence-corrected chi connectivity index (χ0v) is 20.5. The zero-order valence-electron chi connectivity index (χ0n) is 20.5. The van der Waals surface area contributed by atoms with Gasteiger partial charge in [-0.1, -0.05) is 19.4 Å². The lowest BCUT2D eigenvalue weighted by Crippen LogP contribution is -2.56. The molecule has 36 heavy (non-hydrogen) atoms. The highest BCUT2D eigenvalue weighted by Gasteiger charge is 2.68. The first-order chi connectivity index (χ1) is 17.4. The Hall–Kier alpha value is -3.79. The Morgan fingerprint density at radius 1 is 1.06 bits per heavy atom. The highest BCUT2D eigenvalue weighted by atomic mass is 16.7. The maximum atomic E-state index is 14.0. The van der Waals surface area contributed by atoms with E-state index in [4.69, 9.17) is 23.7 Å². The fourth-order valence-electron chi connectivity index (χ4n) is 5.72. The standard InChI is InChI=1S/C26H28N2O8/c1-5-10-26(25(31)34-4)21-20(22(27-26)16-8-7-15(32-2)12-18(16)33-3)23(29)28(24(21)30)14-6-9-17-19(11-14)36-13-35-17/h6-9,11-12,20-22,27H,5,10,13H2,1-4H3/t20-,21-,22-,26-/m0/s1. The molecule has 0 radical (unpaired) electrons. The fourth-order valence-corrected chi connectivity index (χ4v) is 5.72. The van der Waals surface area contributed by atoms with Crippen molar-refractivity contribution in [3.05, 3.63) is 42.0 Å². The number of carbonyl (C=O) groups is 3. The van der Waals surface area contributed by atoms with E-state index in [0.29, 0.717) is 47.1 Å². The molecule has 1 N–H and O–H groups in total. The van der Waals surface area contributed by atoms with Crippen LogP contribution >= 0.6 is 0 Å². The largest absolute Gasteiger partial charge is 0.497 e. The van der Waals surface area contributed by atoms with Crippen molar-refractivity contribution in [2.24, 2.45) is 11.8 Å². The van der Waals surface area contributed by atoms with Gasteiger partial charge in [0.1, 0.15) is 17.0 Å². The molecular formula is C26H28N2O8. The van der Waals surface area contributed by atoms with Crippen LogP contribution in [-0.4, -0.2) is 51.4 Å². The van der Waals surface area contributed by atoms with Crippen molar-refractivity contribution in [1.29, 1.82) is 0 Å². The Kier molecular flexibility index (Phi) is 5.99. The summed E-state index contributed by atoms with van der Waals surface area (Å²) in [5.41, 5.74) is -0.384. The summed E-state index contributed by atoms with van der Waals surface area (Å²) in [7, 11) is 4.35. The number of methoxy groups -OCH3 is 3. The minimum Gasteiger partial charge on any atom is -0.497 e. The van der Waals surface area contributed by atoms with Crippen LogP contribution in [0.5, 0.6) is 23.0 Å². The Bertz CT molecular complexity index is 1230. The summed E-state index contributed by atoms with van der Waals surface area (Å²) in [6, 6.07) is 9.47. The van der Waals surface area contributed by atoms with Crippen LogP contribution in [0.25, 0.3) is 0 Å². The normalized spacial score (nSPS) is 26.2. The molecule has 0 unspecified atom stereocenters. The highest BCUT2D eigenvalue weighted by Crippen LogP contribution is 2.53. The van der Waals surface area contributed by atoms with Crippen LogP contribution in [0, 0.1) is 11.8 Å². The summed E-state index contributed by atoms with van der Waals surface area (Å²) in [6.45, 7) is 1.98. The molecule has 0 spiro atoms. The Morgan fingerprint density at radius 3 is 2.53 bits per heavy atom. The molecule has 2 aromatic rings. The molecular weight excluding hydrogens is 468 g/mol. The first-order valence-corrected chi connectivity index (χ1v) is 11.8. The van der Waals surface area contributed by atoms with Crippen molar-refractivity contribution < 1.29 is 38.1 Å². The number of carbonyl (C=O) groups excluding carboxylic acids is 3. The van der Waals surface area contributed by atoms with E-state index in [1.807, 2.05) is 6.92 Å². The van der Waals surface area contributed by atoms with Gasteiger partial charge in [-0.3, -0.25) is 19.7 Å². The van der Waals surface area contributed by atoms with Crippen LogP contribution in [-0.2, 0) is 19.1 Å². The van der Waals surface area contributed by atoms with Crippen molar-refractivity contribution in [3.63, 3.8) is 0 Å². The second kappa shape index (κ2) is 9.02. The molecule has 0 bridgehead atoms. The topological polar surface area (TPSA) is 113 Å². The molecule has 10 heteroatoms. The van der Waals surface area contributed by atoms with Gasteiger partial charge in [-0.2, -0.15) is 0 Å². The van der Waals surface area contributed by atoms with E-state index in [0.717, 1.165) is 4.90 Å². The van der Waals surface area contributed by atoms with Gasteiger partial charge in [0.15, 0.2) is 11.5 Å². The molecule has 3 aliphatic rings. The quantitative estimate of drug-likeness (QED) is 0.457. The van der Waals surface area contributed by atoms with Gasteiger partial charge in [-0.15, -0.1) is 0 Å². The molecule has 3 aliphatic heterocycles. The number of nitrogens with zero attached hydrogens (tertiary/aromatic N) is 1. The number of rotatable bonds is 7. The Balaban J connectivity index is 1.65. The van der Waals surface area contributed by atoms with Gasteiger partial charge in [0.05, 0.1) is 38.9 Å². The number of ether oxygens (including phenoxy) is 5. The molecule has 2 saturated heterocycles. The lowest BCUT2D eigenvalue weighted by molar-refractivity contribution is -0.152. The van der Waals surface area contributed by atoms with Gasteiger partial charge >= 0.3 is 5.97 Å². The van der Waals surface area contributed by atoms with Crippen LogP contribution in [0.2, 0.25) is 0 Å². The molecule has 2 amide bonds. The molecule has 190 valence electrons. The third kappa shape index (κ3) is 3.39. The van der Waals surface area contributed by atoms with E-state index < -0.39 is 41.2 Å². The Labute approximate surface area is 208 Å². The first-order valence-electron chi connectivity index (χ1n) is 11.8. The second-order valence-electron chi connectivity index (χ2n) is 9.00. The highest BCUT2D eigenvalue weighted by molar-refractivity contribution is 6.24. The van der Waals surface area contributed by atoms with Gasteiger partial charge in [0.25, 0.3) is 0 Å². The maximum Gasteiger partial charge on any atom is 0.326 e. The number of anilines is 1. The van der Waals surface area contributed by atoms with Crippen molar-refractivity contribution >= 4 is 23.5 Å². The summed E-state index contributed by atoms with van der Waals surface area (Å²) < 4.78 is 26.9. The van der Waals surface area contributed by atoms with Crippen LogP contribution in [0.3, 0.4) is 0 Å². The van der Waals surface area contributed by atoms with Crippen LogP contribution in [0.1, 0.15) is 31.4 Å².